The summed E-state index contributed by atoms with van der Waals surface area (Å²) in [6.45, 7) is 2.16. The summed E-state index contributed by atoms with van der Waals surface area (Å²) < 4.78 is 6.96. The first-order valence-electron chi connectivity index (χ1n) is 10.1. The number of ether oxygens (including phenoxy) is 1. The third kappa shape index (κ3) is 4.81. The van der Waals surface area contributed by atoms with Crippen LogP contribution in [0.25, 0.3) is 0 Å². The molecule has 0 spiro atoms. The molecular weight excluding hydrogens is 398 g/mol. The molecule has 156 valence electrons. The number of hydrogen-bond donors (Lipinski definition) is 0. The Morgan fingerprint density at radius 2 is 1.80 bits per heavy atom. The highest BCUT2D eigenvalue weighted by atomic mass is 32.2. The van der Waals surface area contributed by atoms with Crippen molar-refractivity contribution in [2.45, 2.75) is 36.2 Å². The lowest BCUT2D eigenvalue weighted by Gasteiger charge is -2.30. The van der Waals surface area contributed by atoms with E-state index in [9.17, 15) is 4.79 Å². The molecule has 0 bridgehead atoms. The van der Waals surface area contributed by atoms with Crippen molar-refractivity contribution in [1.29, 1.82) is 0 Å². The zero-order valence-electron chi connectivity index (χ0n) is 17.0. The quantitative estimate of drug-likeness (QED) is 0.541. The number of methoxy groups -OCH3 is 1. The average Bonchev–Trinajstić information content (AvgIpc) is 3.25. The zero-order chi connectivity index (χ0) is 20.8. The van der Waals surface area contributed by atoms with Gasteiger partial charge in [-0.3, -0.25) is 4.79 Å². The van der Waals surface area contributed by atoms with Crippen LogP contribution in [0.2, 0.25) is 0 Å². The number of amides is 1. The Morgan fingerprint density at radius 3 is 2.50 bits per heavy atom. The van der Waals surface area contributed by atoms with Gasteiger partial charge < -0.3 is 9.64 Å². The van der Waals surface area contributed by atoms with Crippen LogP contribution in [0.15, 0.2) is 59.8 Å². The largest absolute Gasteiger partial charge is 0.497 e. The monoisotopic (exact) mass is 423 g/mol. The Kier molecular flexibility index (Phi) is 6.63. The van der Waals surface area contributed by atoms with E-state index in [1.807, 2.05) is 59.5 Å². The van der Waals surface area contributed by atoms with E-state index in [0.29, 0.717) is 11.7 Å². The van der Waals surface area contributed by atoms with E-state index in [1.165, 1.54) is 18.2 Å². The molecule has 3 aromatic rings. The molecule has 1 aliphatic heterocycles. The van der Waals surface area contributed by atoms with Gasteiger partial charge in [0.05, 0.1) is 13.7 Å². The lowest BCUT2D eigenvalue weighted by atomic mass is 10.1. The third-order valence-electron chi connectivity index (χ3n) is 5.21. The average molecular weight is 424 g/mol. The van der Waals surface area contributed by atoms with Gasteiger partial charge in [0.1, 0.15) is 11.0 Å². The molecule has 1 aromatic heterocycles. The van der Waals surface area contributed by atoms with Crippen LogP contribution in [0.3, 0.4) is 0 Å². The number of rotatable bonds is 7. The Morgan fingerprint density at radius 1 is 1.07 bits per heavy atom. The zero-order valence-corrected chi connectivity index (χ0v) is 17.8. The first-order chi connectivity index (χ1) is 14.7. The van der Waals surface area contributed by atoms with Crippen molar-refractivity contribution in [3.8, 4) is 5.75 Å². The molecule has 0 radical (unpaired) electrons. The molecule has 2 aromatic carbocycles. The number of piperidine rings is 1. The van der Waals surface area contributed by atoms with Gasteiger partial charge in [-0.25, -0.2) is 4.68 Å². The van der Waals surface area contributed by atoms with E-state index in [2.05, 4.69) is 15.5 Å². The molecule has 1 aliphatic rings. The van der Waals surface area contributed by atoms with E-state index < -0.39 is 0 Å². The van der Waals surface area contributed by atoms with Crippen LogP contribution in [0.4, 0.5) is 0 Å². The first-order valence-corrected chi connectivity index (χ1v) is 11.0. The highest BCUT2D eigenvalue weighted by molar-refractivity contribution is 8.00. The number of carbonyl (C=O) groups is 1. The Hall–Kier alpha value is -2.87. The molecule has 4 rings (SSSR count). The molecule has 0 aliphatic carbocycles. The summed E-state index contributed by atoms with van der Waals surface area (Å²) in [6.07, 6.45) is 3.31. The van der Waals surface area contributed by atoms with Gasteiger partial charge in [0, 0.05) is 13.1 Å². The summed E-state index contributed by atoms with van der Waals surface area (Å²) in [7, 11) is 1.65. The van der Waals surface area contributed by atoms with Crippen LogP contribution in [0.1, 0.15) is 35.6 Å². The van der Waals surface area contributed by atoms with E-state index in [1.54, 1.807) is 11.8 Å². The molecule has 8 heteroatoms. The van der Waals surface area contributed by atoms with Crippen molar-refractivity contribution in [1.82, 2.24) is 25.1 Å². The maximum Gasteiger partial charge on any atom is 0.240 e. The molecule has 0 N–H and O–H groups in total. The Bertz CT molecular complexity index is 955. The van der Waals surface area contributed by atoms with Crippen LogP contribution in [-0.2, 0) is 11.3 Å². The van der Waals surface area contributed by atoms with Gasteiger partial charge in [0.15, 0.2) is 0 Å². The molecular formula is C22H25N5O2S. The first kappa shape index (κ1) is 20.4. The number of aromatic nitrogens is 4. The van der Waals surface area contributed by atoms with Gasteiger partial charge in [0.2, 0.25) is 11.1 Å². The maximum absolute atomic E-state index is 13.4. The van der Waals surface area contributed by atoms with Crippen molar-refractivity contribution in [2.75, 3.05) is 20.2 Å². The molecule has 7 nitrogen and oxygen atoms in total. The fraction of sp³-hybridized carbons (Fsp3) is 0.364. The molecule has 1 saturated heterocycles. The van der Waals surface area contributed by atoms with Crippen LogP contribution in [0, 0.1) is 0 Å². The Labute approximate surface area is 180 Å². The lowest BCUT2D eigenvalue weighted by molar-refractivity contribution is -0.131. The SMILES string of the molecule is COc1ccc(Cn2nnnc2SC(C(=O)N2CCCCC2)c2ccccc2)cc1. The summed E-state index contributed by atoms with van der Waals surface area (Å²) >= 11 is 1.41. The van der Waals surface area contributed by atoms with Crippen molar-refractivity contribution in [3.63, 3.8) is 0 Å². The minimum atomic E-state index is -0.370. The van der Waals surface area contributed by atoms with Gasteiger partial charge in [-0.2, -0.15) is 0 Å². The van der Waals surface area contributed by atoms with Crippen molar-refractivity contribution < 1.29 is 9.53 Å². The smallest absolute Gasteiger partial charge is 0.240 e. The second-order valence-corrected chi connectivity index (χ2v) is 8.33. The number of tetrazole rings is 1. The summed E-state index contributed by atoms with van der Waals surface area (Å²) in [4.78, 5) is 15.4. The standard InChI is InChI=1S/C22H25N5O2S/c1-29-19-12-10-17(11-13-19)16-27-22(23-24-25-27)30-20(18-8-4-2-5-9-18)21(28)26-14-6-3-7-15-26/h2,4-5,8-13,20H,3,6-7,14-16H2,1H3. The number of carbonyl (C=O) groups excluding carboxylic acids is 1. The number of likely N-dealkylation sites (tertiary alicyclic amines) is 1. The van der Waals surface area contributed by atoms with Crippen molar-refractivity contribution in [3.05, 3.63) is 65.7 Å². The van der Waals surface area contributed by atoms with E-state index in [0.717, 1.165) is 42.8 Å². The number of nitrogens with zero attached hydrogens (tertiary/aromatic N) is 5. The maximum atomic E-state index is 13.4. The molecule has 1 amide bonds. The van der Waals surface area contributed by atoms with Crippen LogP contribution in [-0.4, -0.2) is 51.2 Å². The predicted molar refractivity (Wildman–Crippen MR) is 115 cm³/mol. The molecule has 1 atom stereocenters. The summed E-state index contributed by atoms with van der Waals surface area (Å²) in [5.41, 5.74) is 2.03. The van der Waals surface area contributed by atoms with Gasteiger partial charge >= 0.3 is 0 Å². The van der Waals surface area contributed by atoms with E-state index in [4.69, 9.17) is 4.74 Å². The topological polar surface area (TPSA) is 73.1 Å². The van der Waals surface area contributed by atoms with Gasteiger partial charge in [0.25, 0.3) is 0 Å². The molecule has 30 heavy (non-hydrogen) atoms. The fourth-order valence-corrected chi connectivity index (χ4v) is 4.62. The second-order valence-electron chi connectivity index (χ2n) is 7.26. The molecule has 1 fully saturated rings. The van der Waals surface area contributed by atoms with Gasteiger partial charge in [-0.1, -0.05) is 54.2 Å². The van der Waals surface area contributed by atoms with E-state index in [-0.39, 0.29) is 11.2 Å². The normalized spacial score (nSPS) is 15.0. The molecule has 0 saturated carbocycles. The van der Waals surface area contributed by atoms with Gasteiger partial charge in [-0.15, -0.1) is 5.10 Å². The predicted octanol–water partition coefficient (Wildman–Crippen LogP) is 3.58. The van der Waals surface area contributed by atoms with E-state index >= 15 is 0 Å². The highest BCUT2D eigenvalue weighted by Gasteiger charge is 2.29. The van der Waals surface area contributed by atoms with Crippen LogP contribution >= 0.6 is 11.8 Å². The van der Waals surface area contributed by atoms with Gasteiger partial charge in [-0.05, 0) is 52.9 Å². The molecule has 1 unspecified atom stereocenters. The second kappa shape index (κ2) is 9.75. The lowest BCUT2D eigenvalue weighted by Crippen LogP contribution is -2.38. The number of benzene rings is 2. The Balaban J connectivity index is 1.56. The highest BCUT2D eigenvalue weighted by Crippen LogP contribution is 2.36. The number of thioether (sulfide) groups is 1. The minimum Gasteiger partial charge on any atom is -0.497 e. The minimum absolute atomic E-state index is 0.130. The van der Waals surface area contributed by atoms with Crippen molar-refractivity contribution in [2.24, 2.45) is 0 Å². The van der Waals surface area contributed by atoms with Crippen LogP contribution < -0.4 is 4.74 Å². The summed E-state index contributed by atoms with van der Waals surface area (Å²) in [6, 6.07) is 17.7. The summed E-state index contributed by atoms with van der Waals surface area (Å²) in [5.74, 6) is 0.936. The van der Waals surface area contributed by atoms with Crippen LogP contribution in [0.5, 0.6) is 5.75 Å². The molecule has 2 heterocycles. The summed E-state index contributed by atoms with van der Waals surface area (Å²) in [5, 5.41) is 12.5. The third-order valence-corrected chi connectivity index (χ3v) is 6.42. The number of hydrogen-bond acceptors (Lipinski definition) is 6. The fourth-order valence-electron chi connectivity index (χ4n) is 3.56. The van der Waals surface area contributed by atoms with Crippen molar-refractivity contribution >= 4 is 17.7 Å².